The fourth-order valence-corrected chi connectivity index (χ4v) is 2.07. The maximum absolute atomic E-state index is 9.75. The largest absolute Gasteiger partial charge is 0.389 e. The quantitative estimate of drug-likeness (QED) is 0.723. The Morgan fingerprint density at radius 2 is 2.00 bits per heavy atom. The molecule has 0 saturated carbocycles. The molecule has 0 amide bonds. The van der Waals surface area contributed by atoms with Crippen molar-refractivity contribution in [2.45, 2.75) is 45.1 Å². The van der Waals surface area contributed by atoms with Gasteiger partial charge >= 0.3 is 0 Å². The highest BCUT2D eigenvalue weighted by Gasteiger charge is 2.19. The average Bonchev–Trinajstić information content (AvgIpc) is 2.21. The van der Waals surface area contributed by atoms with Gasteiger partial charge in [0.15, 0.2) is 0 Å². The molecule has 1 aliphatic heterocycles. The smallest absolute Gasteiger partial charge is 0.0741 e. The zero-order valence-electron chi connectivity index (χ0n) is 10.2. The Kier molecular flexibility index (Phi) is 5.03. The highest BCUT2D eigenvalue weighted by atomic mass is 16.3. The van der Waals surface area contributed by atoms with Crippen LogP contribution in [0.1, 0.15) is 39.5 Å². The van der Waals surface area contributed by atoms with Crippen LogP contribution in [0.3, 0.4) is 0 Å². The number of hydrogen-bond donors (Lipinski definition) is 2. The van der Waals surface area contributed by atoms with Crippen LogP contribution in [-0.4, -0.2) is 41.8 Å². The number of nitrogens with two attached hydrogens (primary N) is 1. The van der Waals surface area contributed by atoms with E-state index in [1.807, 2.05) is 6.92 Å². The lowest BCUT2D eigenvalue weighted by atomic mass is 9.97. The van der Waals surface area contributed by atoms with Crippen LogP contribution >= 0.6 is 0 Å². The van der Waals surface area contributed by atoms with E-state index in [0.29, 0.717) is 6.54 Å². The molecule has 15 heavy (non-hydrogen) atoms. The highest BCUT2D eigenvalue weighted by Crippen LogP contribution is 2.17. The van der Waals surface area contributed by atoms with E-state index in [2.05, 4.69) is 11.8 Å². The van der Waals surface area contributed by atoms with Gasteiger partial charge in [0.2, 0.25) is 0 Å². The Morgan fingerprint density at radius 3 is 2.53 bits per heavy atom. The molecule has 0 aromatic carbocycles. The summed E-state index contributed by atoms with van der Waals surface area (Å²) in [5.41, 5.74) is 4.82. The molecule has 1 fully saturated rings. The van der Waals surface area contributed by atoms with E-state index in [-0.39, 0.29) is 0 Å². The van der Waals surface area contributed by atoms with Crippen LogP contribution in [0.4, 0.5) is 0 Å². The zero-order chi connectivity index (χ0) is 11.3. The molecule has 1 unspecified atom stereocenters. The Hall–Kier alpha value is -0.120. The lowest BCUT2D eigenvalue weighted by Gasteiger charge is -2.31. The Morgan fingerprint density at radius 1 is 1.40 bits per heavy atom. The molecule has 0 radical (unpaired) electrons. The molecule has 1 heterocycles. The SMILES string of the molecule is CC1CCN(CCCC(C)(O)CN)CC1. The summed E-state index contributed by atoms with van der Waals surface area (Å²) >= 11 is 0. The van der Waals surface area contributed by atoms with Gasteiger partial charge in [0.25, 0.3) is 0 Å². The average molecular weight is 214 g/mol. The predicted octanol–water partition coefficient (Wildman–Crippen LogP) is 1.21. The van der Waals surface area contributed by atoms with Crippen LogP contribution in [0.2, 0.25) is 0 Å². The number of aliphatic hydroxyl groups is 1. The van der Waals surface area contributed by atoms with Crippen molar-refractivity contribution in [3.63, 3.8) is 0 Å². The van der Waals surface area contributed by atoms with Gasteiger partial charge in [0.1, 0.15) is 0 Å². The van der Waals surface area contributed by atoms with Gasteiger partial charge in [-0.05, 0) is 58.2 Å². The predicted molar refractivity (Wildman–Crippen MR) is 63.8 cm³/mol. The monoisotopic (exact) mass is 214 g/mol. The van der Waals surface area contributed by atoms with Crippen molar-refractivity contribution in [2.75, 3.05) is 26.2 Å². The van der Waals surface area contributed by atoms with Crippen LogP contribution in [0.5, 0.6) is 0 Å². The number of rotatable bonds is 5. The standard InChI is InChI=1S/C12H26N2O/c1-11-4-8-14(9-5-11)7-3-6-12(2,15)10-13/h11,15H,3-10,13H2,1-2H3. The van der Waals surface area contributed by atoms with Gasteiger partial charge in [-0.2, -0.15) is 0 Å². The molecule has 0 aromatic heterocycles. The molecular formula is C12H26N2O. The highest BCUT2D eigenvalue weighted by molar-refractivity contribution is 4.75. The third-order valence-corrected chi connectivity index (χ3v) is 3.51. The van der Waals surface area contributed by atoms with Gasteiger partial charge < -0.3 is 15.7 Å². The fraction of sp³-hybridized carbons (Fsp3) is 1.00. The summed E-state index contributed by atoms with van der Waals surface area (Å²) in [6, 6.07) is 0. The molecule has 0 bridgehead atoms. The second-order valence-corrected chi connectivity index (χ2v) is 5.33. The number of nitrogens with zero attached hydrogens (tertiary/aromatic N) is 1. The summed E-state index contributed by atoms with van der Waals surface area (Å²) < 4.78 is 0. The molecular weight excluding hydrogens is 188 g/mol. The summed E-state index contributed by atoms with van der Waals surface area (Å²) in [6.45, 7) is 8.09. The molecule has 90 valence electrons. The zero-order valence-corrected chi connectivity index (χ0v) is 10.2. The van der Waals surface area contributed by atoms with Gasteiger partial charge in [-0.3, -0.25) is 0 Å². The van der Waals surface area contributed by atoms with Crippen molar-refractivity contribution < 1.29 is 5.11 Å². The van der Waals surface area contributed by atoms with Crippen molar-refractivity contribution >= 4 is 0 Å². The first-order valence-electron chi connectivity index (χ1n) is 6.18. The number of piperidine rings is 1. The van der Waals surface area contributed by atoms with Gasteiger partial charge in [0.05, 0.1) is 5.60 Å². The summed E-state index contributed by atoms with van der Waals surface area (Å²) in [7, 11) is 0. The Bertz CT molecular complexity index is 174. The van der Waals surface area contributed by atoms with E-state index in [9.17, 15) is 5.11 Å². The molecule has 0 aliphatic carbocycles. The Labute approximate surface area is 93.6 Å². The third-order valence-electron chi connectivity index (χ3n) is 3.51. The molecule has 1 aliphatic rings. The van der Waals surface area contributed by atoms with Gasteiger partial charge in [-0.1, -0.05) is 6.92 Å². The topological polar surface area (TPSA) is 49.5 Å². The van der Waals surface area contributed by atoms with Crippen LogP contribution in [0.15, 0.2) is 0 Å². The lowest BCUT2D eigenvalue weighted by molar-refractivity contribution is 0.0529. The minimum atomic E-state index is -0.664. The normalized spacial score (nSPS) is 24.0. The molecule has 3 heteroatoms. The van der Waals surface area contributed by atoms with Crippen LogP contribution in [0.25, 0.3) is 0 Å². The molecule has 1 atom stereocenters. The lowest BCUT2D eigenvalue weighted by Crippen LogP contribution is -2.37. The van der Waals surface area contributed by atoms with Gasteiger partial charge in [-0.15, -0.1) is 0 Å². The first-order valence-corrected chi connectivity index (χ1v) is 6.18. The molecule has 3 N–H and O–H groups in total. The second kappa shape index (κ2) is 5.83. The van der Waals surface area contributed by atoms with Crippen molar-refractivity contribution in [3.05, 3.63) is 0 Å². The minimum Gasteiger partial charge on any atom is -0.389 e. The van der Waals surface area contributed by atoms with E-state index in [1.165, 1.54) is 25.9 Å². The molecule has 1 rings (SSSR count). The van der Waals surface area contributed by atoms with Crippen molar-refractivity contribution in [2.24, 2.45) is 11.7 Å². The summed E-state index contributed by atoms with van der Waals surface area (Å²) in [6.07, 6.45) is 4.52. The number of likely N-dealkylation sites (tertiary alicyclic amines) is 1. The Balaban J connectivity index is 2.10. The minimum absolute atomic E-state index is 0.365. The van der Waals surface area contributed by atoms with Crippen LogP contribution < -0.4 is 5.73 Å². The first kappa shape index (κ1) is 12.9. The summed E-state index contributed by atoms with van der Waals surface area (Å²) in [5.74, 6) is 0.897. The van der Waals surface area contributed by atoms with Crippen LogP contribution in [-0.2, 0) is 0 Å². The molecule has 0 spiro atoms. The van der Waals surface area contributed by atoms with Crippen molar-refractivity contribution in [1.82, 2.24) is 4.90 Å². The number of hydrogen-bond acceptors (Lipinski definition) is 3. The molecule has 1 saturated heterocycles. The molecule has 0 aromatic rings. The van der Waals surface area contributed by atoms with Gasteiger partial charge in [-0.25, -0.2) is 0 Å². The van der Waals surface area contributed by atoms with E-state index < -0.39 is 5.60 Å². The first-order chi connectivity index (χ1) is 7.03. The molecule has 3 nitrogen and oxygen atoms in total. The van der Waals surface area contributed by atoms with E-state index >= 15 is 0 Å². The fourth-order valence-electron chi connectivity index (χ4n) is 2.07. The van der Waals surface area contributed by atoms with Gasteiger partial charge in [0, 0.05) is 6.54 Å². The van der Waals surface area contributed by atoms with Crippen molar-refractivity contribution in [1.29, 1.82) is 0 Å². The van der Waals surface area contributed by atoms with Crippen LogP contribution in [0, 0.1) is 5.92 Å². The second-order valence-electron chi connectivity index (χ2n) is 5.33. The van der Waals surface area contributed by atoms with E-state index in [1.54, 1.807) is 0 Å². The third kappa shape index (κ3) is 4.96. The van der Waals surface area contributed by atoms with Crippen molar-refractivity contribution in [3.8, 4) is 0 Å². The summed E-state index contributed by atoms with van der Waals surface area (Å²) in [5, 5.41) is 9.75. The maximum atomic E-state index is 9.75. The summed E-state index contributed by atoms with van der Waals surface area (Å²) in [4.78, 5) is 2.51. The maximum Gasteiger partial charge on any atom is 0.0741 e. The van der Waals surface area contributed by atoms with E-state index in [4.69, 9.17) is 5.73 Å². The van der Waals surface area contributed by atoms with E-state index in [0.717, 1.165) is 25.3 Å².